The van der Waals surface area contributed by atoms with E-state index in [0.717, 1.165) is 23.7 Å². The lowest BCUT2D eigenvalue weighted by molar-refractivity contribution is 0.0936. The number of amides is 1. The first-order chi connectivity index (χ1) is 10.0. The van der Waals surface area contributed by atoms with Gasteiger partial charge in [-0.05, 0) is 30.4 Å². The number of hydrogen-bond acceptors (Lipinski definition) is 2. The monoisotopic (exact) mass is 304 g/mol. The second-order valence-corrected chi connectivity index (χ2v) is 6.39. The maximum Gasteiger partial charge on any atom is 0.252 e. The molecule has 1 N–H and O–H groups in total. The molecule has 0 aliphatic rings. The Morgan fingerprint density at radius 1 is 1.29 bits per heavy atom. The molecule has 2 rings (SSSR count). The standard InChI is InChI=1S/C17H21ClN2O/c1-17(2,9-5-10-18)12-20-16(21)14-8-11-19-15-7-4-3-6-13(14)15/h3-4,6-8,11H,5,9-10,12H2,1-2H3,(H,20,21). The van der Waals surface area contributed by atoms with Crippen molar-refractivity contribution >= 4 is 28.4 Å². The zero-order valence-corrected chi connectivity index (χ0v) is 13.3. The van der Waals surface area contributed by atoms with Gasteiger partial charge in [-0.2, -0.15) is 0 Å². The van der Waals surface area contributed by atoms with Gasteiger partial charge in [-0.1, -0.05) is 32.0 Å². The van der Waals surface area contributed by atoms with E-state index >= 15 is 0 Å². The molecule has 0 atom stereocenters. The van der Waals surface area contributed by atoms with Gasteiger partial charge < -0.3 is 5.32 Å². The van der Waals surface area contributed by atoms with Crippen LogP contribution in [0.5, 0.6) is 0 Å². The first-order valence-corrected chi connectivity index (χ1v) is 7.75. The molecule has 0 aliphatic heterocycles. The van der Waals surface area contributed by atoms with Crippen molar-refractivity contribution in [3.63, 3.8) is 0 Å². The highest BCUT2D eigenvalue weighted by Gasteiger charge is 2.19. The Bertz CT molecular complexity index is 620. The van der Waals surface area contributed by atoms with Crippen molar-refractivity contribution in [1.29, 1.82) is 0 Å². The molecule has 0 fully saturated rings. The molecule has 0 spiro atoms. The molecular formula is C17H21ClN2O. The summed E-state index contributed by atoms with van der Waals surface area (Å²) in [6.45, 7) is 4.92. The molecule has 0 unspecified atom stereocenters. The number of halogens is 1. The molecule has 0 saturated carbocycles. The number of para-hydroxylation sites is 1. The second kappa shape index (κ2) is 6.90. The summed E-state index contributed by atoms with van der Waals surface area (Å²) >= 11 is 5.74. The third-order valence-corrected chi connectivity index (χ3v) is 3.88. The maximum atomic E-state index is 12.4. The topological polar surface area (TPSA) is 42.0 Å². The molecular weight excluding hydrogens is 284 g/mol. The molecule has 1 heterocycles. The van der Waals surface area contributed by atoms with Gasteiger partial charge in [0.05, 0.1) is 11.1 Å². The van der Waals surface area contributed by atoms with Crippen LogP contribution in [0.1, 0.15) is 37.0 Å². The Balaban J connectivity index is 2.09. The van der Waals surface area contributed by atoms with Crippen LogP contribution in [0.3, 0.4) is 0 Å². The minimum atomic E-state index is -0.0486. The fourth-order valence-corrected chi connectivity index (χ4v) is 2.48. The third kappa shape index (κ3) is 4.18. The van der Waals surface area contributed by atoms with Crippen LogP contribution in [0.25, 0.3) is 10.9 Å². The molecule has 112 valence electrons. The van der Waals surface area contributed by atoms with Gasteiger partial charge in [-0.15, -0.1) is 11.6 Å². The maximum absolute atomic E-state index is 12.4. The largest absolute Gasteiger partial charge is 0.351 e. The highest BCUT2D eigenvalue weighted by molar-refractivity contribution is 6.17. The number of alkyl halides is 1. The SMILES string of the molecule is CC(C)(CCCCl)CNC(=O)c1ccnc2ccccc12. The highest BCUT2D eigenvalue weighted by atomic mass is 35.5. The number of aromatic nitrogens is 1. The quantitative estimate of drug-likeness (QED) is 0.819. The van der Waals surface area contributed by atoms with Crippen molar-refractivity contribution in [2.75, 3.05) is 12.4 Å². The van der Waals surface area contributed by atoms with E-state index in [-0.39, 0.29) is 11.3 Å². The van der Waals surface area contributed by atoms with E-state index in [2.05, 4.69) is 24.1 Å². The fourth-order valence-electron chi connectivity index (χ4n) is 2.34. The summed E-state index contributed by atoms with van der Waals surface area (Å²) in [6.07, 6.45) is 3.63. The van der Waals surface area contributed by atoms with E-state index in [1.807, 2.05) is 24.3 Å². The molecule has 1 aromatic heterocycles. The lowest BCUT2D eigenvalue weighted by atomic mass is 9.88. The first kappa shape index (κ1) is 15.8. The number of carbonyl (C=O) groups is 1. The van der Waals surface area contributed by atoms with E-state index in [1.165, 1.54) is 0 Å². The molecule has 4 heteroatoms. The summed E-state index contributed by atoms with van der Waals surface area (Å²) in [5.41, 5.74) is 1.56. The molecule has 1 aromatic carbocycles. The number of benzene rings is 1. The minimum absolute atomic E-state index is 0.0486. The van der Waals surface area contributed by atoms with E-state index in [9.17, 15) is 4.79 Å². The van der Waals surface area contributed by atoms with Gasteiger partial charge in [-0.3, -0.25) is 9.78 Å². The van der Waals surface area contributed by atoms with Crippen molar-refractivity contribution in [3.8, 4) is 0 Å². The van der Waals surface area contributed by atoms with E-state index in [1.54, 1.807) is 12.3 Å². The third-order valence-electron chi connectivity index (χ3n) is 3.61. The summed E-state index contributed by atoms with van der Waals surface area (Å²) in [5, 5.41) is 3.92. The van der Waals surface area contributed by atoms with Crippen LogP contribution >= 0.6 is 11.6 Å². The van der Waals surface area contributed by atoms with Gasteiger partial charge >= 0.3 is 0 Å². The van der Waals surface area contributed by atoms with Crippen LogP contribution in [0.2, 0.25) is 0 Å². The Labute approximate surface area is 130 Å². The van der Waals surface area contributed by atoms with E-state index in [0.29, 0.717) is 18.0 Å². The van der Waals surface area contributed by atoms with Crippen molar-refractivity contribution in [2.45, 2.75) is 26.7 Å². The molecule has 3 nitrogen and oxygen atoms in total. The van der Waals surface area contributed by atoms with Crippen molar-refractivity contribution in [1.82, 2.24) is 10.3 Å². The Morgan fingerprint density at radius 3 is 2.81 bits per heavy atom. The normalized spacial score (nSPS) is 11.6. The van der Waals surface area contributed by atoms with Crippen molar-refractivity contribution in [3.05, 3.63) is 42.1 Å². The average Bonchev–Trinajstić information content (AvgIpc) is 2.50. The summed E-state index contributed by atoms with van der Waals surface area (Å²) in [4.78, 5) is 16.7. The number of fused-ring (bicyclic) bond motifs is 1. The second-order valence-electron chi connectivity index (χ2n) is 6.02. The van der Waals surface area contributed by atoms with Crippen LogP contribution in [0.4, 0.5) is 0 Å². The number of carbonyl (C=O) groups excluding carboxylic acids is 1. The predicted molar refractivity (Wildman–Crippen MR) is 87.8 cm³/mol. The molecule has 21 heavy (non-hydrogen) atoms. The number of hydrogen-bond donors (Lipinski definition) is 1. The van der Waals surface area contributed by atoms with Crippen molar-refractivity contribution < 1.29 is 4.79 Å². The molecule has 1 amide bonds. The summed E-state index contributed by atoms with van der Waals surface area (Å²) < 4.78 is 0. The van der Waals surface area contributed by atoms with Gasteiger partial charge in [0.25, 0.3) is 5.91 Å². The lowest BCUT2D eigenvalue weighted by Gasteiger charge is -2.24. The van der Waals surface area contributed by atoms with Gasteiger partial charge in [0, 0.05) is 24.0 Å². The summed E-state index contributed by atoms with van der Waals surface area (Å²) in [6, 6.07) is 9.45. The average molecular weight is 305 g/mol. The van der Waals surface area contributed by atoms with E-state index < -0.39 is 0 Å². The zero-order chi connectivity index (χ0) is 15.3. The van der Waals surface area contributed by atoms with Crippen LogP contribution in [-0.2, 0) is 0 Å². The Hall–Kier alpha value is -1.61. The van der Waals surface area contributed by atoms with Crippen LogP contribution in [-0.4, -0.2) is 23.3 Å². The van der Waals surface area contributed by atoms with E-state index in [4.69, 9.17) is 11.6 Å². The Morgan fingerprint density at radius 2 is 2.05 bits per heavy atom. The molecule has 2 aromatic rings. The fraction of sp³-hybridized carbons (Fsp3) is 0.412. The predicted octanol–water partition coefficient (Wildman–Crippen LogP) is 4.01. The van der Waals surface area contributed by atoms with Crippen LogP contribution in [0, 0.1) is 5.41 Å². The molecule has 0 radical (unpaired) electrons. The molecule has 0 saturated heterocycles. The number of rotatable bonds is 6. The smallest absolute Gasteiger partial charge is 0.252 e. The number of pyridine rings is 1. The van der Waals surface area contributed by atoms with Crippen molar-refractivity contribution in [2.24, 2.45) is 5.41 Å². The van der Waals surface area contributed by atoms with Gasteiger partial charge in [0.15, 0.2) is 0 Å². The highest BCUT2D eigenvalue weighted by Crippen LogP contribution is 2.22. The zero-order valence-electron chi connectivity index (χ0n) is 12.5. The molecule has 0 aliphatic carbocycles. The minimum Gasteiger partial charge on any atom is -0.351 e. The van der Waals surface area contributed by atoms with Crippen LogP contribution < -0.4 is 5.32 Å². The van der Waals surface area contributed by atoms with Gasteiger partial charge in [0.1, 0.15) is 0 Å². The lowest BCUT2D eigenvalue weighted by Crippen LogP contribution is -2.34. The number of nitrogens with zero attached hydrogens (tertiary/aromatic N) is 1. The van der Waals surface area contributed by atoms with Gasteiger partial charge in [-0.25, -0.2) is 0 Å². The molecule has 0 bridgehead atoms. The summed E-state index contributed by atoms with van der Waals surface area (Å²) in [5.74, 6) is 0.611. The Kier molecular flexibility index (Phi) is 5.18. The first-order valence-electron chi connectivity index (χ1n) is 7.21. The van der Waals surface area contributed by atoms with Gasteiger partial charge in [0.2, 0.25) is 0 Å². The summed E-state index contributed by atoms with van der Waals surface area (Å²) in [7, 11) is 0. The number of nitrogens with one attached hydrogen (secondary N) is 1. The van der Waals surface area contributed by atoms with Crippen LogP contribution in [0.15, 0.2) is 36.5 Å².